The Morgan fingerprint density at radius 2 is 1.82 bits per heavy atom. The lowest BCUT2D eigenvalue weighted by Crippen LogP contribution is -2.20. The van der Waals surface area contributed by atoms with Crippen molar-refractivity contribution in [1.82, 2.24) is 4.72 Å². The molecule has 1 saturated carbocycles. The maximum atomic E-state index is 12.5. The maximum Gasteiger partial charge on any atom is 0.256 e. The number of hydrogen-bond donors (Lipinski definition) is 1. The number of hydrogen-bond acceptors (Lipinski definition) is 2. The smallest absolute Gasteiger partial charge is 0.256 e. The summed E-state index contributed by atoms with van der Waals surface area (Å²) < 4.78 is 3.06. The predicted octanol–water partition coefficient (Wildman–Crippen LogP) is 5.01. The van der Waals surface area contributed by atoms with Crippen molar-refractivity contribution in [3.63, 3.8) is 0 Å². The summed E-state index contributed by atoms with van der Waals surface area (Å²) in [5, 5.41) is 0. The van der Waals surface area contributed by atoms with Crippen LogP contribution < -0.4 is 4.72 Å². The lowest BCUT2D eigenvalue weighted by atomic mass is 9.82. The van der Waals surface area contributed by atoms with Crippen LogP contribution >= 0.6 is 11.9 Å². The van der Waals surface area contributed by atoms with Gasteiger partial charge in [-0.3, -0.25) is 9.52 Å². The minimum Gasteiger partial charge on any atom is -0.296 e. The van der Waals surface area contributed by atoms with Crippen molar-refractivity contribution in [1.29, 1.82) is 0 Å². The Morgan fingerprint density at radius 1 is 1.05 bits per heavy atom. The van der Waals surface area contributed by atoms with E-state index in [9.17, 15) is 4.79 Å². The first-order valence-electron chi connectivity index (χ1n) is 8.52. The van der Waals surface area contributed by atoms with Gasteiger partial charge in [0.1, 0.15) is 0 Å². The van der Waals surface area contributed by atoms with Crippen LogP contribution in [0.5, 0.6) is 0 Å². The Balaban J connectivity index is 1.56. The topological polar surface area (TPSA) is 29.1 Å². The van der Waals surface area contributed by atoms with Gasteiger partial charge in [-0.15, -0.1) is 0 Å². The molecule has 0 spiro atoms. The van der Waals surface area contributed by atoms with E-state index in [1.54, 1.807) is 0 Å². The van der Waals surface area contributed by atoms with Crippen LogP contribution in [0.25, 0.3) is 0 Å². The van der Waals surface area contributed by atoms with Gasteiger partial charge in [-0.1, -0.05) is 55.2 Å². The zero-order valence-electron chi connectivity index (χ0n) is 13.1. The van der Waals surface area contributed by atoms with Gasteiger partial charge in [0.05, 0.1) is 0 Å². The van der Waals surface area contributed by atoms with Crippen LogP contribution in [0.3, 0.4) is 0 Å². The third-order valence-electron chi connectivity index (χ3n) is 4.88. The molecule has 118 valence electrons. The van der Waals surface area contributed by atoms with Crippen LogP contribution in [0.2, 0.25) is 0 Å². The van der Waals surface area contributed by atoms with Crippen molar-refractivity contribution in [3.8, 4) is 0 Å². The van der Waals surface area contributed by atoms with E-state index in [4.69, 9.17) is 0 Å². The molecular weight excluding hydrogens is 290 g/mol. The first-order chi connectivity index (χ1) is 10.8. The molecule has 22 heavy (non-hydrogen) atoms. The van der Waals surface area contributed by atoms with E-state index in [1.807, 2.05) is 18.2 Å². The number of allylic oxidation sites excluding steroid dienone is 1. The summed E-state index contributed by atoms with van der Waals surface area (Å²) >= 11 is 1.52. The number of carbonyl (C=O) groups excluding carboxylic acids is 1. The van der Waals surface area contributed by atoms with Gasteiger partial charge in [0.2, 0.25) is 0 Å². The van der Waals surface area contributed by atoms with Crippen molar-refractivity contribution >= 4 is 17.9 Å². The molecule has 1 aromatic rings. The Hall–Kier alpha value is -1.22. The lowest BCUT2D eigenvalue weighted by Gasteiger charge is -2.24. The van der Waals surface area contributed by atoms with Crippen LogP contribution in [0, 0.1) is 5.92 Å². The summed E-state index contributed by atoms with van der Waals surface area (Å²) in [5.41, 5.74) is 3.84. The normalized spacial score (nSPS) is 19.5. The molecule has 2 nitrogen and oxygen atoms in total. The summed E-state index contributed by atoms with van der Waals surface area (Å²) in [7, 11) is 0. The van der Waals surface area contributed by atoms with Crippen molar-refractivity contribution in [3.05, 3.63) is 47.0 Å². The zero-order chi connectivity index (χ0) is 15.2. The van der Waals surface area contributed by atoms with Gasteiger partial charge in [-0.25, -0.2) is 0 Å². The van der Waals surface area contributed by atoms with E-state index < -0.39 is 0 Å². The van der Waals surface area contributed by atoms with E-state index in [0.717, 1.165) is 30.6 Å². The molecule has 0 atom stereocenters. The summed E-state index contributed by atoms with van der Waals surface area (Å²) in [6.07, 6.45) is 9.93. The number of rotatable bonds is 5. The lowest BCUT2D eigenvalue weighted by molar-refractivity contribution is -0.115. The van der Waals surface area contributed by atoms with Gasteiger partial charge < -0.3 is 0 Å². The molecule has 0 unspecified atom stereocenters. The van der Waals surface area contributed by atoms with Crippen LogP contribution in [0.1, 0.15) is 56.9 Å². The first kappa shape index (κ1) is 15.7. The fraction of sp³-hybridized carbons (Fsp3) is 0.526. The second-order valence-electron chi connectivity index (χ2n) is 6.40. The summed E-state index contributed by atoms with van der Waals surface area (Å²) in [6.45, 7) is 0. The fourth-order valence-corrected chi connectivity index (χ4v) is 4.43. The highest BCUT2D eigenvalue weighted by Gasteiger charge is 2.27. The third-order valence-corrected chi connectivity index (χ3v) is 5.69. The summed E-state index contributed by atoms with van der Waals surface area (Å²) in [4.78, 5) is 12.5. The van der Waals surface area contributed by atoms with E-state index in [-0.39, 0.29) is 5.91 Å². The molecule has 3 heteroatoms. The van der Waals surface area contributed by atoms with Gasteiger partial charge in [-0.05, 0) is 55.5 Å². The van der Waals surface area contributed by atoms with Crippen molar-refractivity contribution in [2.24, 2.45) is 5.92 Å². The van der Waals surface area contributed by atoms with Crippen LogP contribution in [0.15, 0.2) is 41.5 Å². The average molecular weight is 315 g/mol. The molecule has 3 rings (SSSR count). The van der Waals surface area contributed by atoms with Crippen LogP contribution in [-0.2, 0) is 10.5 Å². The quantitative estimate of drug-likeness (QED) is 0.774. The second kappa shape index (κ2) is 7.87. The molecule has 1 amide bonds. The standard InChI is InChI=1S/C19H25NOS/c21-19(20-22-14-15-8-3-1-4-9-15)18-13-7-12-17(18)16-10-5-2-6-11-16/h1,3-4,8-9,16H,2,5-7,10-14H2,(H,20,21). The predicted molar refractivity (Wildman–Crippen MR) is 93.3 cm³/mol. The zero-order valence-corrected chi connectivity index (χ0v) is 14.0. The molecule has 2 aliphatic rings. The molecule has 0 saturated heterocycles. The van der Waals surface area contributed by atoms with E-state index in [1.165, 1.54) is 55.2 Å². The Labute approximate surface area is 137 Å². The molecule has 1 fully saturated rings. The van der Waals surface area contributed by atoms with Gasteiger partial charge in [0.15, 0.2) is 0 Å². The highest BCUT2D eigenvalue weighted by Crippen LogP contribution is 2.39. The highest BCUT2D eigenvalue weighted by atomic mass is 32.2. The summed E-state index contributed by atoms with van der Waals surface area (Å²) in [5.74, 6) is 1.69. The molecular formula is C19H25NOS. The third kappa shape index (κ3) is 3.95. The van der Waals surface area contributed by atoms with Crippen molar-refractivity contribution in [2.45, 2.75) is 57.1 Å². The molecule has 2 aliphatic carbocycles. The van der Waals surface area contributed by atoms with Crippen LogP contribution in [-0.4, -0.2) is 5.91 Å². The first-order valence-corrected chi connectivity index (χ1v) is 9.51. The van der Waals surface area contributed by atoms with Crippen LogP contribution in [0.4, 0.5) is 0 Å². The molecule has 0 heterocycles. The monoisotopic (exact) mass is 315 g/mol. The molecule has 1 aromatic carbocycles. The van der Waals surface area contributed by atoms with Crippen molar-refractivity contribution < 1.29 is 4.79 Å². The largest absolute Gasteiger partial charge is 0.296 e. The Bertz CT molecular complexity index is 532. The van der Waals surface area contributed by atoms with E-state index >= 15 is 0 Å². The van der Waals surface area contributed by atoms with Crippen molar-refractivity contribution in [2.75, 3.05) is 0 Å². The number of nitrogens with one attached hydrogen (secondary N) is 1. The molecule has 0 bridgehead atoms. The fourth-order valence-electron chi connectivity index (χ4n) is 3.75. The maximum absolute atomic E-state index is 12.5. The number of benzene rings is 1. The number of carbonyl (C=O) groups is 1. The van der Waals surface area contributed by atoms with E-state index in [2.05, 4.69) is 16.9 Å². The Morgan fingerprint density at radius 3 is 2.59 bits per heavy atom. The molecule has 0 aliphatic heterocycles. The van der Waals surface area contributed by atoms with Gasteiger partial charge >= 0.3 is 0 Å². The SMILES string of the molecule is O=C(NSCc1ccccc1)C1=C(C2CCCCC2)CCC1. The molecule has 0 aromatic heterocycles. The molecule has 0 radical (unpaired) electrons. The van der Waals surface area contributed by atoms with Gasteiger partial charge in [-0.2, -0.15) is 0 Å². The second-order valence-corrected chi connectivity index (χ2v) is 7.18. The minimum atomic E-state index is 0.166. The Kier molecular flexibility index (Phi) is 5.60. The minimum absolute atomic E-state index is 0.166. The van der Waals surface area contributed by atoms with Gasteiger partial charge in [0.25, 0.3) is 5.91 Å². The highest BCUT2D eigenvalue weighted by molar-refractivity contribution is 7.97. The van der Waals surface area contributed by atoms with E-state index in [0.29, 0.717) is 5.92 Å². The summed E-state index contributed by atoms with van der Waals surface area (Å²) in [6, 6.07) is 10.3. The van der Waals surface area contributed by atoms with Gasteiger partial charge in [0, 0.05) is 11.3 Å². The molecule has 1 N–H and O–H groups in total. The number of amides is 1. The average Bonchev–Trinajstić information content (AvgIpc) is 3.06.